The Bertz CT molecular complexity index is 537. The molecule has 1 N–H and O–H groups in total. The molecular weight excluding hydrogens is 333 g/mol. The lowest BCUT2D eigenvalue weighted by Crippen LogP contribution is -2.17. The van der Waals surface area contributed by atoms with Crippen LogP contribution in [0.4, 0.5) is 0 Å². The minimum absolute atomic E-state index is 0.310. The van der Waals surface area contributed by atoms with Gasteiger partial charge in [-0.1, -0.05) is 0 Å². The van der Waals surface area contributed by atoms with E-state index in [9.17, 15) is 4.79 Å². The minimum atomic E-state index is -0.310. The van der Waals surface area contributed by atoms with Crippen molar-refractivity contribution >= 4 is 34.7 Å². The number of aromatic nitrogens is 1. The van der Waals surface area contributed by atoms with Gasteiger partial charge >= 0.3 is 0 Å². The van der Waals surface area contributed by atoms with Crippen molar-refractivity contribution in [1.82, 2.24) is 10.4 Å². The molecule has 0 aromatic carbocycles. The molecule has 86 valence electrons. The van der Waals surface area contributed by atoms with Gasteiger partial charge in [0.1, 0.15) is 5.76 Å². The third-order valence-electron chi connectivity index (χ3n) is 1.88. The van der Waals surface area contributed by atoms with E-state index < -0.39 is 0 Å². The summed E-state index contributed by atoms with van der Waals surface area (Å²) in [6, 6.07) is 6.92. The van der Waals surface area contributed by atoms with Gasteiger partial charge in [0.15, 0.2) is 3.77 Å². The number of pyridine rings is 1. The van der Waals surface area contributed by atoms with Crippen LogP contribution in [0.25, 0.3) is 0 Å². The van der Waals surface area contributed by atoms with Crippen molar-refractivity contribution in [3.8, 4) is 0 Å². The Hall–Kier alpha value is -1.70. The maximum Gasteiger partial charge on any atom is 0.272 e. The molecule has 2 heterocycles. The second kappa shape index (κ2) is 5.58. The number of rotatable bonds is 3. The van der Waals surface area contributed by atoms with Crippen molar-refractivity contribution < 1.29 is 9.21 Å². The van der Waals surface area contributed by atoms with E-state index in [1.54, 1.807) is 24.4 Å². The number of halogens is 1. The lowest BCUT2D eigenvalue weighted by molar-refractivity contribution is 0.0955. The smallest absolute Gasteiger partial charge is 0.272 e. The zero-order valence-corrected chi connectivity index (χ0v) is 10.8. The number of carbonyl (C=O) groups is 1. The second-order valence-corrected chi connectivity index (χ2v) is 4.15. The third kappa shape index (κ3) is 3.38. The molecule has 2 rings (SSSR count). The molecule has 0 bridgehead atoms. The van der Waals surface area contributed by atoms with E-state index in [1.807, 2.05) is 6.07 Å². The predicted molar refractivity (Wildman–Crippen MR) is 70.7 cm³/mol. The van der Waals surface area contributed by atoms with Gasteiger partial charge < -0.3 is 4.42 Å². The molecule has 6 heteroatoms. The van der Waals surface area contributed by atoms with Crippen LogP contribution >= 0.6 is 22.6 Å². The van der Waals surface area contributed by atoms with E-state index in [2.05, 4.69) is 38.1 Å². The van der Waals surface area contributed by atoms with Gasteiger partial charge in [-0.2, -0.15) is 5.10 Å². The molecule has 2 aromatic heterocycles. The molecular formula is C11H8IN3O2. The minimum Gasteiger partial charge on any atom is -0.449 e. The number of nitrogens with zero attached hydrogens (tertiary/aromatic N) is 2. The molecule has 0 unspecified atom stereocenters. The van der Waals surface area contributed by atoms with Crippen molar-refractivity contribution in [3.63, 3.8) is 0 Å². The molecule has 0 saturated heterocycles. The highest BCUT2D eigenvalue weighted by molar-refractivity contribution is 14.1. The van der Waals surface area contributed by atoms with E-state index >= 15 is 0 Å². The van der Waals surface area contributed by atoms with Crippen LogP contribution in [0.2, 0.25) is 0 Å². The number of hydrogen-bond acceptors (Lipinski definition) is 4. The zero-order valence-electron chi connectivity index (χ0n) is 8.63. The molecule has 0 aliphatic heterocycles. The van der Waals surface area contributed by atoms with Crippen molar-refractivity contribution in [2.24, 2.45) is 5.10 Å². The number of carbonyl (C=O) groups excluding carboxylic acids is 1. The third-order valence-corrected chi connectivity index (χ3v) is 2.46. The van der Waals surface area contributed by atoms with Gasteiger partial charge in [0, 0.05) is 12.4 Å². The normalized spacial score (nSPS) is 10.6. The summed E-state index contributed by atoms with van der Waals surface area (Å²) in [6.45, 7) is 0. The Labute approximate surface area is 111 Å². The largest absolute Gasteiger partial charge is 0.449 e. The zero-order chi connectivity index (χ0) is 12.1. The number of amides is 1. The first-order chi connectivity index (χ1) is 8.25. The van der Waals surface area contributed by atoms with Crippen molar-refractivity contribution in [2.45, 2.75) is 0 Å². The SMILES string of the molecule is O=C(NN=Cc1ccc(I)o1)c1cccnc1. The van der Waals surface area contributed by atoms with Crippen molar-refractivity contribution in [1.29, 1.82) is 0 Å². The Morgan fingerprint density at radius 2 is 2.35 bits per heavy atom. The topological polar surface area (TPSA) is 67.5 Å². The maximum atomic E-state index is 11.5. The molecule has 17 heavy (non-hydrogen) atoms. The van der Waals surface area contributed by atoms with Gasteiger partial charge in [-0.25, -0.2) is 5.43 Å². The van der Waals surface area contributed by atoms with Gasteiger partial charge in [-0.3, -0.25) is 9.78 Å². The maximum absolute atomic E-state index is 11.5. The van der Waals surface area contributed by atoms with Crippen molar-refractivity contribution in [2.75, 3.05) is 0 Å². The Balaban J connectivity index is 1.95. The predicted octanol–water partition coefficient (Wildman–Crippen LogP) is 2.04. The summed E-state index contributed by atoms with van der Waals surface area (Å²) >= 11 is 2.05. The summed E-state index contributed by atoms with van der Waals surface area (Å²) < 4.78 is 6.01. The van der Waals surface area contributed by atoms with Crippen LogP contribution in [0.1, 0.15) is 16.1 Å². The van der Waals surface area contributed by atoms with Crippen LogP contribution in [-0.2, 0) is 0 Å². The molecule has 0 spiro atoms. The molecule has 0 radical (unpaired) electrons. The highest BCUT2D eigenvalue weighted by Gasteiger charge is 2.02. The lowest BCUT2D eigenvalue weighted by Gasteiger charge is -1.97. The summed E-state index contributed by atoms with van der Waals surface area (Å²) in [6.07, 6.45) is 4.52. The second-order valence-electron chi connectivity index (χ2n) is 3.08. The van der Waals surface area contributed by atoms with Crippen LogP contribution in [-0.4, -0.2) is 17.1 Å². The summed E-state index contributed by atoms with van der Waals surface area (Å²) in [5.74, 6) is 0.275. The summed E-state index contributed by atoms with van der Waals surface area (Å²) in [5, 5.41) is 3.78. The Kier molecular flexibility index (Phi) is 3.86. The quantitative estimate of drug-likeness (QED) is 0.528. The summed E-state index contributed by atoms with van der Waals surface area (Å²) in [4.78, 5) is 15.4. The molecule has 0 saturated carbocycles. The summed E-state index contributed by atoms with van der Waals surface area (Å²) in [5.41, 5.74) is 2.84. The molecule has 0 atom stereocenters. The van der Waals surface area contributed by atoms with Gasteiger partial charge in [0.2, 0.25) is 0 Å². The molecule has 0 aliphatic carbocycles. The average molecular weight is 341 g/mol. The van der Waals surface area contributed by atoms with E-state index in [4.69, 9.17) is 4.42 Å². The lowest BCUT2D eigenvalue weighted by atomic mass is 10.3. The van der Waals surface area contributed by atoms with Crippen LogP contribution in [0.3, 0.4) is 0 Å². The average Bonchev–Trinajstić information content (AvgIpc) is 2.76. The highest BCUT2D eigenvalue weighted by atomic mass is 127. The first-order valence-electron chi connectivity index (χ1n) is 4.74. The summed E-state index contributed by atoms with van der Waals surface area (Å²) in [7, 11) is 0. The number of furan rings is 1. The molecule has 2 aromatic rings. The fraction of sp³-hybridized carbons (Fsp3) is 0. The van der Waals surface area contributed by atoms with Gasteiger partial charge in [0.25, 0.3) is 5.91 Å². The van der Waals surface area contributed by atoms with E-state index in [0.717, 1.165) is 3.77 Å². The van der Waals surface area contributed by atoms with Crippen LogP contribution in [0.5, 0.6) is 0 Å². The van der Waals surface area contributed by atoms with Gasteiger partial charge in [-0.15, -0.1) is 0 Å². The molecule has 5 nitrogen and oxygen atoms in total. The number of hydrogen-bond donors (Lipinski definition) is 1. The molecule has 0 fully saturated rings. The van der Waals surface area contributed by atoms with Crippen molar-refractivity contribution in [3.05, 3.63) is 51.7 Å². The fourth-order valence-corrected chi connectivity index (χ4v) is 1.55. The van der Waals surface area contributed by atoms with Crippen LogP contribution in [0, 0.1) is 3.77 Å². The van der Waals surface area contributed by atoms with E-state index in [-0.39, 0.29) is 5.91 Å². The molecule has 0 aliphatic rings. The van der Waals surface area contributed by atoms with E-state index in [0.29, 0.717) is 11.3 Å². The first-order valence-corrected chi connectivity index (χ1v) is 5.82. The van der Waals surface area contributed by atoms with Crippen LogP contribution < -0.4 is 5.43 Å². The Morgan fingerprint density at radius 3 is 3.00 bits per heavy atom. The van der Waals surface area contributed by atoms with E-state index in [1.165, 1.54) is 12.4 Å². The molecule has 1 amide bonds. The number of nitrogens with one attached hydrogen (secondary N) is 1. The first kappa shape index (κ1) is 11.8. The fourth-order valence-electron chi connectivity index (χ4n) is 1.11. The van der Waals surface area contributed by atoms with Gasteiger partial charge in [-0.05, 0) is 46.9 Å². The van der Waals surface area contributed by atoms with Gasteiger partial charge in [0.05, 0.1) is 11.8 Å². The highest BCUT2D eigenvalue weighted by Crippen LogP contribution is 2.07. The standard InChI is InChI=1S/C11H8IN3O2/c12-10-4-3-9(17-10)7-14-15-11(16)8-2-1-5-13-6-8/h1-7H,(H,15,16). The number of hydrazone groups is 1. The van der Waals surface area contributed by atoms with Crippen LogP contribution in [0.15, 0.2) is 46.2 Å². The Morgan fingerprint density at radius 1 is 1.47 bits per heavy atom. The monoisotopic (exact) mass is 341 g/mol.